The molecule has 0 aliphatic carbocycles. The van der Waals surface area contributed by atoms with E-state index in [4.69, 9.17) is 4.74 Å². The zero-order valence-corrected chi connectivity index (χ0v) is 14.9. The van der Waals surface area contributed by atoms with Gasteiger partial charge in [0, 0.05) is 11.9 Å². The second-order valence-corrected chi connectivity index (χ2v) is 8.50. The quantitative estimate of drug-likeness (QED) is 0.814. The van der Waals surface area contributed by atoms with Gasteiger partial charge in [0.2, 0.25) is 5.91 Å². The lowest BCUT2D eigenvalue weighted by atomic mass is 9.95. The summed E-state index contributed by atoms with van der Waals surface area (Å²) in [7, 11) is -1.97. The van der Waals surface area contributed by atoms with Gasteiger partial charge in [0.1, 0.15) is 5.75 Å². The average Bonchev–Trinajstić information content (AvgIpc) is 2.47. The molecule has 1 saturated heterocycles. The third-order valence-electron chi connectivity index (χ3n) is 3.94. The molecule has 0 atom stereocenters. The molecule has 0 unspecified atom stereocenters. The number of rotatable bonds is 4. The molecule has 1 aliphatic rings. The molecule has 0 aromatic heterocycles. The third-order valence-corrected chi connectivity index (χ3v) is 6.58. The summed E-state index contributed by atoms with van der Waals surface area (Å²) in [6.45, 7) is 1.01. The van der Waals surface area contributed by atoms with Crippen molar-refractivity contribution in [2.24, 2.45) is 0 Å². The van der Waals surface area contributed by atoms with Gasteiger partial charge in [0.25, 0.3) is 0 Å². The largest absolute Gasteiger partial charge is 0.496 e. The first kappa shape index (κ1) is 17.2. The topological polar surface area (TPSA) is 84.5 Å². The number of amides is 1. The van der Waals surface area contributed by atoms with E-state index in [0.29, 0.717) is 29.0 Å². The zero-order chi connectivity index (χ0) is 16.4. The fraction of sp³-hybridized carbons (Fsp3) is 0.500. The Morgan fingerprint density at radius 1 is 1.36 bits per heavy atom. The summed E-state index contributed by atoms with van der Waals surface area (Å²) in [5.74, 6) is 0.159. The van der Waals surface area contributed by atoms with Crippen molar-refractivity contribution in [3.63, 3.8) is 0 Å². The smallest absolute Gasteiger partial charge is 0.245 e. The molecular formula is C14H19BrN2O4S. The molecule has 6 nitrogen and oxygen atoms in total. The highest BCUT2D eigenvalue weighted by molar-refractivity contribution is 9.10. The fourth-order valence-corrected chi connectivity index (χ4v) is 4.46. The maximum atomic E-state index is 12.6. The first-order chi connectivity index (χ1) is 10.3. The highest BCUT2D eigenvalue weighted by Crippen LogP contribution is 2.31. The molecule has 0 spiro atoms. The number of halogens is 1. The van der Waals surface area contributed by atoms with Gasteiger partial charge in [-0.1, -0.05) is 0 Å². The standard InChI is InChI=1S/C14H19BrN2O4S/c1-21-12-4-3-10(9-11(12)15)17-13(18)14(22(2,19)20)5-7-16-8-6-14/h3-4,9,16H,5-8H2,1-2H3,(H,17,18). The predicted molar refractivity (Wildman–Crippen MR) is 89.0 cm³/mol. The maximum Gasteiger partial charge on any atom is 0.245 e. The molecule has 0 radical (unpaired) electrons. The number of hydrogen-bond acceptors (Lipinski definition) is 5. The van der Waals surface area contributed by atoms with E-state index in [-0.39, 0.29) is 12.8 Å². The summed E-state index contributed by atoms with van der Waals surface area (Å²) < 4.78 is 28.8. The molecule has 2 N–H and O–H groups in total. The monoisotopic (exact) mass is 390 g/mol. The van der Waals surface area contributed by atoms with Gasteiger partial charge in [-0.2, -0.15) is 0 Å². The minimum Gasteiger partial charge on any atom is -0.496 e. The maximum absolute atomic E-state index is 12.6. The number of sulfone groups is 1. The van der Waals surface area contributed by atoms with Crippen LogP contribution in [0, 0.1) is 0 Å². The van der Waals surface area contributed by atoms with Gasteiger partial charge >= 0.3 is 0 Å². The van der Waals surface area contributed by atoms with Gasteiger partial charge in [0.05, 0.1) is 11.6 Å². The number of anilines is 1. The van der Waals surface area contributed by atoms with Crippen molar-refractivity contribution in [2.75, 3.05) is 31.8 Å². The van der Waals surface area contributed by atoms with Crippen LogP contribution in [-0.4, -0.2) is 45.5 Å². The molecule has 1 amide bonds. The SMILES string of the molecule is COc1ccc(NC(=O)C2(S(C)(=O)=O)CCNCC2)cc1Br. The Morgan fingerprint density at radius 2 is 2.00 bits per heavy atom. The van der Waals surface area contributed by atoms with Gasteiger partial charge in [0.15, 0.2) is 14.6 Å². The van der Waals surface area contributed by atoms with Crippen molar-refractivity contribution in [1.82, 2.24) is 5.32 Å². The lowest BCUT2D eigenvalue weighted by molar-refractivity contribution is -0.119. The summed E-state index contributed by atoms with van der Waals surface area (Å²) in [5.41, 5.74) is 0.527. The minimum atomic E-state index is -3.52. The van der Waals surface area contributed by atoms with Crippen LogP contribution in [0.25, 0.3) is 0 Å². The molecule has 2 rings (SSSR count). The molecule has 1 fully saturated rings. The van der Waals surface area contributed by atoms with Crippen LogP contribution >= 0.6 is 15.9 Å². The van der Waals surface area contributed by atoms with Crippen molar-refractivity contribution in [3.05, 3.63) is 22.7 Å². The molecule has 22 heavy (non-hydrogen) atoms. The second-order valence-electron chi connectivity index (χ2n) is 5.32. The van der Waals surface area contributed by atoms with Gasteiger partial charge in [-0.25, -0.2) is 8.42 Å². The van der Waals surface area contributed by atoms with E-state index in [9.17, 15) is 13.2 Å². The Hall–Kier alpha value is -1.12. The molecule has 8 heteroatoms. The third kappa shape index (κ3) is 3.28. The molecule has 1 aliphatic heterocycles. The van der Waals surface area contributed by atoms with Crippen molar-refractivity contribution in [3.8, 4) is 5.75 Å². The van der Waals surface area contributed by atoms with Crippen molar-refractivity contribution < 1.29 is 17.9 Å². The van der Waals surface area contributed by atoms with E-state index in [1.165, 1.54) is 0 Å². The van der Waals surface area contributed by atoms with Crippen LogP contribution < -0.4 is 15.4 Å². The summed E-state index contributed by atoms with van der Waals surface area (Å²) in [6, 6.07) is 5.07. The second kappa shape index (κ2) is 6.55. The Kier molecular flexibility index (Phi) is 5.14. The molecule has 1 aromatic carbocycles. The van der Waals surface area contributed by atoms with Gasteiger partial charge in [-0.3, -0.25) is 4.79 Å². The number of carbonyl (C=O) groups excluding carboxylic acids is 1. The Bertz CT molecular complexity index is 669. The first-order valence-electron chi connectivity index (χ1n) is 6.85. The minimum absolute atomic E-state index is 0.273. The molecule has 0 bridgehead atoms. The van der Waals surface area contributed by atoms with Gasteiger partial charge in [-0.15, -0.1) is 0 Å². The zero-order valence-electron chi connectivity index (χ0n) is 12.5. The molecule has 1 heterocycles. The number of nitrogens with one attached hydrogen (secondary N) is 2. The number of benzene rings is 1. The van der Waals surface area contributed by atoms with Crippen LogP contribution in [0.15, 0.2) is 22.7 Å². The van der Waals surface area contributed by atoms with Crippen LogP contribution in [-0.2, 0) is 14.6 Å². The summed E-state index contributed by atoms with van der Waals surface area (Å²) >= 11 is 3.34. The van der Waals surface area contributed by atoms with Crippen molar-refractivity contribution in [2.45, 2.75) is 17.6 Å². The lowest BCUT2D eigenvalue weighted by Crippen LogP contribution is -2.55. The van der Waals surface area contributed by atoms with E-state index in [2.05, 4.69) is 26.6 Å². The highest BCUT2D eigenvalue weighted by Gasteiger charge is 2.48. The number of hydrogen-bond donors (Lipinski definition) is 2. The van der Waals surface area contributed by atoms with Crippen LogP contribution in [0.4, 0.5) is 5.69 Å². The molecule has 0 saturated carbocycles. The summed E-state index contributed by atoms with van der Waals surface area (Å²) in [6.07, 6.45) is 1.67. The normalized spacial score (nSPS) is 17.8. The average molecular weight is 391 g/mol. The van der Waals surface area contributed by atoms with E-state index in [1.54, 1.807) is 25.3 Å². The number of piperidine rings is 1. The van der Waals surface area contributed by atoms with Crippen LogP contribution in [0.2, 0.25) is 0 Å². The van der Waals surface area contributed by atoms with Crippen LogP contribution in [0.5, 0.6) is 5.75 Å². The number of carbonyl (C=O) groups is 1. The van der Waals surface area contributed by atoms with Crippen LogP contribution in [0.1, 0.15) is 12.8 Å². The highest BCUT2D eigenvalue weighted by atomic mass is 79.9. The number of methoxy groups -OCH3 is 1. The Balaban J connectivity index is 2.27. The van der Waals surface area contributed by atoms with Crippen molar-refractivity contribution >= 4 is 37.4 Å². The molecule has 122 valence electrons. The predicted octanol–water partition coefficient (Wildman–Crippen LogP) is 1.56. The number of ether oxygens (including phenoxy) is 1. The summed E-state index contributed by atoms with van der Waals surface area (Å²) in [4.78, 5) is 12.6. The van der Waals surface area contributed by atoms with Gasteiger partial charge in [-0.05, 0) is 60.1 Å². The van der Waals surface area contributed by atoms with E-state index >= 15 is 0 Å². The van der Waals surface area contributed by atoms with Gasteiger partial charge < -0.3 is 15.4 Å². The lowest BCUT2D eigenvalue weighted by Gasteiger charge is -2.34. The molecule has 1 aromatic rings. The van der Waals surface area contributed by atoms with Crippen molar-refractivity contribution in [1.29, 1.82) is 0 Å². The molecular weight excluding hydrogens is 372 g/mol. The summed E-state index contributed by atoms with van der Waals surface area (Å²) in [5, 5.41) is 5.81. The Labute approximate surface area is 138 Å². The van der Waals surface area contributed by atoms with E-state index in [1.807, 2.05) is 0 Å². The van der Waals surface area contributed by atoms with Crippen LogP contribution in [0.3, 0.4) is 0 Å². The first-order valence-corrected chi connectivity index (χ1v) is 9.54. The van der Waals surface area contributed by atoms with E-state index in [0.717, 1.165) is 6.26 Å². The fourth-order valence-electron chi connectivity index (χ4n) is 2.59. The van der Waals surface area contributed by atoms with E-state index < -0.39 is 20.5 Å². The Morgan fingerprint density at radius 3 is 2.50 bits per heavy atom.